The van der Waals surface area contributed by atoms with Crippen LogP contribution < -0.4 is 10.5 Å². The van der Waals surface area contributed by atoms with Crippen LogP contribution in [0.1, 0.15) is 42.4 Å². The van der Waals surface area contributed by atoms with Crippen LogP contribution in [0.4, 0.5) is 5.69 Å². The van der Waals surface area contributed by atoms with Crippen LogP contribution in [-0.4, -0.2) is 33.8 Å². The minimum absolute atomic E-state index is 0.0980. The van der Waals surface area contributed by atoms with Gasteiger partial charge < -0.3 is 19.8 Å². The van der Waals surface area contributed by atoms with E-state index in [9.17, 15) is 14.4 Å². The van der Waals surface area contributed by atoms with Gasteiger partial charge in [-0.3, -0.25) is 9.59 Å². The molecule has 2 heterocycles. The van der Waals surface area contributed by atoms with Crippen molar-refractivity contribution in [1.82, 2.24) is 4.57 Å². The molecule has 2 N–H and O–H groups in total. The highest BCUT2D eigenvalue weighted by molar-refractivity contribution is 6.49. The fraction of sp³-hybridized carbons (Fsp3) is 0.292. The highest BCUT2D eigenvalue weighted by Crippen LogP contribution is 2.41. The SMILES string of the molecule is Cc1c(N)c2c3c(ccc2n1Cc1ccccc1)C(=O)C(=O)C(C(=O)OC(C)(C)C)O3. The number of nitrogens with zero attached hydrogens (tertiary/aromatic N) is 1. The third kappa shape index (κ3) is 3.56. The zero-order valence-corrected chi connectivity index (χ0v) is 17.9. The summed E-state index contributed by atoms with van der Waals surface area (Å²) in [7, 11) is 0. The van der Waals surface area contributed by atoms with Gasteiger partial charge in [-0.25, -0.2) is 4.79 Å². The van der Waals surface area contributed by atoms with E-state index in [-0.39, 0.29) is 11.3 Å². The van der Waals surface area contributed by atoms with Crippen LogP contribution >= 0.6 is 0 Å². The molecule has 1 unspecified atom stereocenters. The smallest absolute Gasteiger partial charge is 0.356 e. The third-order valence-corrected chi connectivity index (χ3v) is 5.24. The highest BCUT2D eigenvalue weighted by atomic mass is 16.6. The molecule has 7 nitrogen and oxygen atoms in total. The van der Waals surface area contributed by atoms with Crippen LogP contribution in [-0.2, 0) is 20.9 Å². The Morgan fingerprint density at radius 2 is 1.81 bits per heavy atom. The first kappa shape index (κ1) is 20.7. The molecule has 3 aromatic rings. The number of anilines is 1. The molecule has 0 radical (unpaired) electrons. The monoisotopic (exact) mass is 420 g/mol. The summed E-state index contributed by atoms with van der Waals surface area (Å²) in [6.07, 6.45) is -1.65. The number of rotatable bonds is 3. The van der Waals surface area contributed by atoms with Crippen molar-refractivity contribution in [2.24, 2.45) is 0 Å². The second-order valence-electron chi connectivity index (χ2n) is 8.63. The molecule has 4 rings (SSSR count). The number of ketones is 2. The maximum absolute atomic E-state index is 12.7. The van der Waals surface area contributed by atoms with Crippen molar-refractivity contribution >= 4 is 34.1 Å². The van der Waals surface area contributed by atoms with Gasteiger partial charge in [-0.1, -0.05) is 30.3 Å². The Morgan fingerprint density at radius 1 is 1.13 bits per heavy atom. The zero-order chi connectivity index (χ0) is 22.5. The lowest BCUT2D eigenvalue weighted by Crippen LogP contribution is -2.46. The third-order valence-electron chi connectivity index (χ3n) is 5.24. The molecule has 0 amide bonds. The first-order chi connectivity index (χ1) is 14.6. The average molecular weight is 420 g/mol. The van der Waals surface area contributed by atoms with Crippen molar-refractivity contribution in [3.8, 4) is 5.75 Å². The number of nitrogen functional groups attached to an aromatic ring is 1. The molecule has 0 saturated carbocycles. The van der Waals surface area contributed by atoms with Gasteiger partial charge >= 0.3 is 5.97 Å². The van der Waals surface area contributed by atoms with Gasteiger partial charge in [0.15, 0.2) is 0 Å². The number of aromatic nitrogens is 1. The first-order valence-electron chi connectivity index (χ1n) is 10.0. The number of esters is 1. The molecule has 0 fully saturated rings. The fourth-order valence-electron chi connectivity index (χ4n) is 3.77. The van der Waals surface area contributed by atoms with E-state index in [0.29, 0.717) is 17.6 Å². The minimum Gasteiger partial charge on any atom is -0.469 e. The maximum Gasteiger partial charge on any atom is 0.356 e. The Kier molecular flexibility index (Phi) is 4.84. The molecule has 160 valence electrons. The molecule has 1 aliphatic rings. The topological polar surface area (TPSA) is 101 Å². The summed E-state index contributed by atoms with van der Waals surface area (Å²) in [5.74, 6) is -2.48. The Morgan fingerprint density at radius 3 is 2.45 bits per heavy atom. The van der Waals surface area contributed by atoms with Crippen molar-refractivity contribution in [1.29, 1.82) is 0 Å². The van der Waals surface area contributed by atoms with Crippen LogP contribution in [0.5, 0.6) is 5.75 Å². The van der Waals surface area contributed by atoms with E-state index in [2.05, 4.69) is 0 Å². The summed E-state index contributed by atoms with van der Waals surface area (Å²) in [4.78, 5) is 37.8. The van der Waals surface area contributed by atoms with Gasteiger partial charge in [0.1, 0.15) is 11.4 Å². The number of hydrogen-bond donors (Lipinski definition) is 1. The summed E-state index contributed by atoms with van der Waals surface area (Å²) in [6, 6.07) is 13.2. The molecule has 0 bridgehead atoms. The normalized spacial score (nSPS) is 16.2. The van der Waals surface area contributed by atoms with Crippen LogP contribution in [0.3, 0.4) is 0 Å². The number of carbonyl (C=O) groups is 3. The van der Waals surface area contributed by atoms with Crippen LogP contribution in [0, 0.1) is 6.92 Å². The van der Waals surface area contributed by atoms with Crippen molar-refractivity contribution < 1.29 is 23.9 Å². The summed E-state index contributed by atoms with van der Waals surface area (Å²) < 4.78 is 13.1. The van der Waals surface area contributed by atoms with Gasteiger partial charge in [0.2, 0.25) is 5.78 Å². The van der Waals surface area contributed by atoms with E-state index in [1.54, 1.807) is 32.9 Å². The Hall–Kier alpha value is -3.61. The molecule has 1 atom stereocenters. The van der Waals surface area contributed by atoms with Crippen LogP contribution in [0.2, 0.25) is 0 Å². The second kappa shape index (κ2) is 7.27. The number of hydrogen-bond acceptors (Lipinski definition) is 6. The quantitative estimate of drug-likeness (QED) is 0.396. The Labute approximate surface area is 179 Å². The van der Waals surface area contributed by atoms with Gasteiger partial charge in [0.05, 0.1) is 22.2 Å². The largest absolute Gasteiger partial charge is 0.469 e. The summed E-state index contributed by atoms with van der Waals surface area (Å²) in [5.41, 5.74) is 8.75. The minimum atomic E-state index is -1.65. The number of carbonyl (C=O) groups excluding carboxylic acids is 3. The number of nitrogens with two attached hydrogens (primary N) is 1. The fourth-order valence-corrected chi connectivity index (χ4v) is 3.77. The average Bonchev–Trinajstić information content (AvgIpc) is 2.95. The molecule has 0 spiro atoms. The van der Waals surface area contributed by atoms with Crippen LogP contribution in [0.25, 0.3) is 10.9 Å². The number of ether oxygens (including phenoxy) is 2. The van der Waals surface area contributed by atoms with E-state index in [0.717, 1.165) is 16.8 Å². The molecule has 1 aliphatic heterocycles. The van der Waals surface area contributed by atoms with Crippen molar-refractivity contribution in [2.75, 3.05) is 5.73 Å². The van der Waals surface area contributed by atoms with E-state index in [1.807, 2.05) is 41.8 Å². The second-order valence-corrected chi connectivity index (χ2v) is 8.63. The Balaban J connectivity index is 1.83. The van der Waals surface area contributed by atoms with Gasteiger partial charge in [-0.15, -0.1) is 0 Å². The van der Waals surface area contributed by atoms with E-state index in [1.165, 1.54) is 0 Å². The van der Waals surface area contributed by atoms with Gasteiger partial charge in [-0.05, 0) is 45.4 Å². The lowest BCUT2D eigenvalue weighted by Gasteiger charge is -2.27. The van der Waals surface area contributed by atoms with E-state index in [4.69, 9.17) is 15.2 Å². The molecule has 7 heteroatoms. The molecular formula is C24H24N2O5. The molecule has 2 aromatic carbocycles. The molecular weight excluding hydrogens is 396 g/mol. The number of benzene rings is 2. The molecule has 0 aliphatic carbocycles. The lowest BCUT2D eigenvalue weighted by atomic mass is 9.97. The van der Waals surface area contributed by atoms with E-state index >= 15 is 0 Å². The summed E-state index contributed by atoms with van der Waals surface area (Å²) in [6.45, 7) is 7.49. The highest BCUT2D eigenvalue weighted by Gasteiger charge is 2.43. The molecule has 0 saturated heterocycles. The van der Waals surface area contributed by atoms with Gasteiger partial charge in [0, 0.05) is 12.2 Å². The predicted molar refractivity (Wildman–Crippen MR) is 116 cm³/mol. The molecule has 31 heavy (non-hydrogen) atoms. The Bertz CT molecular complexity index is 1220. The number of Topliss-reactive ketones (excluding diaryl/α,β-unsaturated/α-hetero) is 2. The predicted octanol–water partition coefficient (Wildman–Crippen LogP) is 3.43. The summed E-state index contributed by atoms with van der Waals surface area (Å²) in [5, 5.41) is 0.514. The lowest BCUT2D eigenvalue weighted by molar-refractivity contribution is -0.165. The standard InChI is InChI=1S/C24H24N2O5/c1-13-18(25)17-16(26(13)12-14-8-6-5-7-9-14)11-10-15-19(27)20(28)22(30-21(15)17)23(29)31-24(2,3)4/h5-11,22H,12,25H2,1-4H3. The number of fused-ring (bicyclic) bond motifs is 3. The van der Waals surface area contributed by atoms with Crippen LogP contribution in [0.15, 0.2) is 42.5 Å². The molecule has 1 aromatic heterocycles. The van der Waals surface area contributed by atoms with E-state index < -0.39 is 29.2 Å². The van der Waals surface area contributed by atoms with Crippen molar-refractivity contribution in [3.05, 3.63) is 59.3 Å². The summed E-state index contributed by atoms with van der Waals surface area (Å²) >= 11 is 0. The van der Waals surface area contributed by atoms with Crippen molar-refractivity contribution in [3.63, 3.8) is 0 Å². The van der Waals surface area contributed by atoms with Gasteiger partial charge in [-0.2, -0.15) is 0 Å². The first-order valence-corrected chi connectivity index (χ1v) is 10.0. The van der Waals surface area contributed by atoms with Crippen molar-refractivity contribution in [2.45, 2.75) is 45.9 Å². The zero-order valence-electron chi connectivity index (χ0n) is 17.9. The maximum atomic E-state index is 12.7. The van der Waals surface area contributed by atoms with Gasteiger partial charge in [0.25, 0.3) is 11.9 Å².